The highest BCUT2D eigenvalue weighted by atomic mass is 79.9. The molecule has 0 aliphatic carbocycles. The molecule has 3 rings (SSSR count). The second-order valence-corrected chi connectivity index (χ2v) is 5.79. The third kappa shape index (κ3) is 1.95. The second-order valence-electron chi connectivity index (χ2n) is 4.88. The predicted molar refractivity (Wildman–Crippen MR) is 66.4 cm³/mol. The minimum atomic E-state index is -0.285. The van der Waals surface area contributed by atoms with E-state index in [2.05, 4.69) is 25.8 Å². The van der Waals surface area contributed by atoms with Crippen LogP contribution in [0.3, 0.4) is 0 Å². The van der Waals surface area contributed by atoms with Gasteiger partial charge >= 0.3 is 0 Å². The molecule has 1 aromatic rings. The minimum absolute atomic E-state index is 0.234. The Morgan fingerprint density at radius 3 is 2.59 bits per heavy atom. The molecule has 5 heteroatoms. The van der Waals surface area contributed by atoms with E-state index in [9.17, 15) is 9.50 Å². The van der Waals surface area contributed by atoms with Gasteiger partial charge in [0.25, 0.3) is 0 Å². The fourth-order valence-corrected chi connectivity index (χ4v) is 3.39. The molecule has 2 atom stereocenters. The summed E-state index contributed by atoms with van der Waals surface area (Å²) in [4.78, 5) is 6.25. The Morgan fingerprint density at radius 1 is 1.35 bits per heavy atom. The summed E-state index contributed by atoms with van der Waals surface area (Å²) in [5.41, 5.74) is 0. The summed E-state index contributed by atoms with van der Waals surface area (Å²) in [6.07, 6.45) is 4.91. The summed E-state index contributed by atoms with van der Waals surface area (Å²) in [6.45, 7) is 0. The van der Waals surface area contributed by atoms with Crippen LogP contribution in [-0.4, -0.2) is 28.3 Å². The third-order valence-corrected chi connectivity index (χ3v) is 4.17. The number of anilines is 1. The normalized spacial score (nSPS) is 31.9. The van der Waals surface area contributed by atoms with Gasteiger partial charge in [0.05, 0.1) is 6.10 Å². The van der Waals surface area contributed by atoms with Crippen LogP contribution in [0.15, 0.2) is 16.7 Å². The van der Waals surface area contributed by atoms with Crippen LogP contribution in [0.2, 0.25) is 0 Å². The molecule has 1 N–H and O–H groups in total. The number of aromatic nitrogens is 1. The molecule has 0 amide bonds. The number of hydrogen-bond donors (Lipinski definition) is 1. The molecule has 1 aromatic heterocycles. The zero-order valence-corrected chi connectivity index (χ0v) is 10.9. The molecule has 3 nitrogen and oxygen atoms in total. The van der Waals surface area contributed by atoms with E-state index in [-0.39, 0.29) is 24.0 Å². The summed E-state index contributed by atoms with van der Waals surface area (Å²) in [7, 11) is 0. The first-order chi connectivity index (χ1) is 8.15. The molecule has 2 aliphatic rings. The summed E-state index contributed by atoms with van der Waals surface area (Å²) in [5.74, 6) is 0.153. The van der Waals surface area contributed by atoms with Crippen molar-refractivity contribution in [2.75, 3.05) is 4.90 Å². The number of aliphatic hydroxyl groups is 1. The van der Waals surface area contributed by atoms with E-state index < -0.39 is 0 Å². The van der Waals surface area contributed by atoms with Crippen LogP contribution in [0.25, 0.3) is 0 Å². The molecule has 0 saturated carbocycles. The van der Waals surface area contributed by atoms with Crippen molar-refractivity contribution in [2.45, 2.75) is 43.9 Å². The molecule has 0 radical (unpaired) electrons. The Kier molecular flexibility index (Phi) is 2.83. The number of halogens is 2. The highest BCUT2D eigenvalue weighted by Gasteiger charge is 2.41. The van der Waals surface area contributed by atoms with Crippen LogP contribution < -0.4 is 4.90 Å². The van der Waals surface area contributed by atoms with Gasteiger partial charge in [0.15, 0.2) is 11.6 Å². The van der Waals surface area contributed by atoms with Gasteiger partial charge in [-0.05, 0) is 47.7 Å². The van der Waals surface area contributed by atoms with Crippen molar-refractivity contribution >= 4 is 21.7 Å². The number of nitrogens with zero attached hydrogens (tertiary/aromatic N) is 2. The Hall–Kier alpha value is -0.680. The zero-order chi connectivity index (χ0) is 12.0. The lowest BCUT2D eigenvalue weighted by atomic mass is 10.00. The summed E-state index contributed by atoms with van der Waals surface area (Å²) in [6, 6.07) is 1.94. The van der Waals surface area contributed by atoms with E-state index in [1.54, 1.807) is 6.20 Å². The average molecular weight is 301 g/mol. The first kappa shape index (κ1) is 11.4. The van der Waals surface area contributed by atoms with Crippen LogP contribution in [0.5, 0.6) is 0 Å². The van der Waals surface area contributed by atoms with E-state index in [0.29, 0.717) is 10.3 Å². The van der Waals surface area contributed by atoms with Gasteiger partial charge in [-0.15, -0.1) is 0 Å². The zero-order valence-electron chi connectivity index (χ0n) is 9.31. The van der Waals surface area contributed by atoms with Crippen molar-refractivity contribution < 1.29 is 9.50 Å². The Bertz CT molecular complexity index is 429. The molecule has 0 aromatic carbocycles. The maximum atomic E-state index is 13.9. The van der Waals surface area contributed by atoms with E-state index in [0.717, 1.165) is 25.7 Å². The fourth-order valence-electron chi connectivity index (χ4n) is 3.09. The molecule has 0 spiro atoms. The first-order valence-corrected chi connectivity index (χ1v) is 6.72. The van der Waals surface area contributed by atoms with Gasteiger partial charge in [-0.2, -0.15) is 0 Å². The van der Waals surface area contributed by atoms with Gasteiger partial charge in [0, 0.05) is 22.8 Å². The molecule has 2 unspecified atom stereocenters. The van der Waals surface area contributed by atoms with Crippen molar-refractivity contribution in [3.05, 3.63) is 22.6 Å². The number of hydrogen-bond acceptors (Lipinski definition) is 3. The van der Waals surface area contributed by atoms with Gasteiger partial charge < -0.3 is 10.0 Å². The smallest absolute Gasteiger partial charge is 0.166 e. The van der Waals surface area contributed by atoms with Crippen LogP contribution in [0.1, 0.15) is 25.7 Å². The molecule has 17 heavy (non-hydrogen) atoms. The summed E-state index contributed by atoms with van der Waals surface area (Å²) >= 11 is 3.21. The van der Waals surface area contributed by atoms with Gasteiger partial charge in [-0.1, -0.05) is 0 Å². The number of aliphatic hydroxyl groups excluding tert-OH is 1. The van der Waals surface area contributed by atoms with E-state index in [4.69, 9.17) is 0 Å². The van der Waals surface area contributed by atoms with Crippen molar-refractivity contribution in [1.29, 1.82) is 0 Å². The number of pyridine rings is 1. The quantitative estimate of drug-likeness (QED) is 0.865. The number of fused-ring (bicyclic) bond motifs is 2. The second kappa shape index (κ2) is 4.21. The molecule has 2 aliphatic heterocycles. The van der Waals surface area contributed by atoms with Gasteiger partial charge in [-0.25, -0.2) is 9.37 Å². The third-order valence-electron chi connectivity index (χ3n) is 3.74. The molecule has 2 bridgehead atoms. The van der Waals surface area contributed by atoms with E-state index in [1.807, 2.05) is 0 Å². The molecule has 92 valence electrons. The molecular formula is C12H14BrFN2O. The van der Waals surface area contributed by atoms with Gasteiger partial charge in [-0.3, -0.25) is 0 Å². The highest BCUT2D eigenvalue weighted by Crippen LogP contribution is 2.39. The lowest BCUT2D eigenvalue weighted by molar-refractivity contribution is 0.125. The van der Waals surface area contributed by atoms with E-state index >= 15 is 0 Å². The monoisotopic (exact) mass is 300 g/mol. The van der Waals surface area contributed by atoms with Crippen LogP contribution in [-0.2, 0) is 0 Å². The largest absolute Gasteiger partial charge is 0.393 e. The van der Waals surface area contributed by atoms with Gasteiger partial charge in [0.1, 0.15) is 0 Å². The summed E-state index contributed by atoms with van der Waals surface area (Å²) < 4.78 is 14.6. The SMILES string of the molecule is OC1CC2CCC(C1)N2c1ncc(Br)cc1F. The lowest BCUT2D eigenvalue weighted by Gasteiger charge is -2.38. The van der Waals surface area contributed by atoms with Crippen LogP contribution >= 0.6 is 15.9 Å². The van der Waals surface area contributed by atoms with Gasteiger partial charge in [0.2, 0.25) is 0 Å². The summed E-state index contributed by atoms with van der Waals surface area (Å²) in [5, 5.41) is 9.72. The fraction of sp³-hybridized carbons (Fsp3) is 0.583. The number of piperidine rings is 1. The molecular weight excluding hydrogens is 287 g/mol. The maximum absolute atomic E-state index is 13.9. The minimum Gasteiger partial charge on any atom is -0.393 e. The van der Waals surface area contributed by atoms with Crippen molar-refractivity contribution in [1.82, 2.24) is 4.98 Å². The first-order valence-electron chi connectivity index (χ1n) is 5.92. The molecule has 3 heterocycles. The van der Waals surface area contributed by atoms with Crippen molar-refractivity contribution in [3.8, 4) is 0 Å². The average Bonchev–Trinajstić information content (AvgIpc) is 2.53. The lowest BCUT2D eigenvalue weighted by Crippen LogP contribution is -2.45. The van der Waals surface area contributed by atoms with E-state index in [1.165, 1.54) is 6.07 Å². The van der Waals surface area contributed by atoms with Crippen LogP contribution in [0, 0.1) is 5.82 Å². The standard InChI is InChI=1S/C12H14BrFN2O/c13-7-3-11(14)12(15-6-7)16-8-1-2-9(16)5-10(17)4-8/h3,6,8-10,17H,1-2,4-5H2. The predicted octanol–water partition coefficient (Wildman–Crippen LogP) is 2.48. The maximum Gasteiger partial charge on any atom is 0.166 e. The Morgan fingerprint density at radius 2 is 2.00 bits per heavy atom. The number of rotatable bonds is 1. The Labute approximate surface area is 108 Å². The topological polar surface area (TPSA) is 36.4 Å². The van der Waals surface area contributed by atoms with Crippen LogP contribution in [0.4, 0.5) is 10.2 Å². The van der Waals surface area contributed by atoms with Crippen molar-refractivity contribution in [3.63, 3.8) is 0 Å². The molecule has 2 saturated heterocycles. The van der Waals surface area contributed by atoms with Crippen molar-refractivity contribution in [2.24, 2.45) is 0 Å². The highest BCUT2D eigenvalue weighted by molar-refractivity contribution is 9.10. The Balaban J connectivity index is 1.94. The molecule has 2 fully saturated rings.